The van der Waals surface area contributed by atoms with Crippen LogP contribution in [-0.4, -0.2) is 15.5 Å². The maximum Gasteiger partial charge on any atom is 0.289 e. The van der Waals surface area contributed by atoms with Gasteiger partial charge in [0.05, 0.1) is 12.5 Å². The van der Waals surface area contributed by atoms with Gasteiger partial charge in [0.2, 0.25) is 0 Å². The van der Waals surface area contributed by atoms with Crippen molar-refractivity contribution in [2.45, 2.75) is 51.9 Å². The van der Waals surface area contributed by atoms with Gasteiger partial charge in [-0.05, 0) is 12.8 Å². The maximum absolute atomic E-state index is 10.9. The fourth-order valence-corrected chi connectivity index (χ4v) is 1.77. The third-order valence-electron chi connectivity index (χ3n) is 2.22. The van der Waals surface area contributed by atoms with E-state index < -0.39 is 10.1 Å². The van der Waals surface area contributed by atoms with Gasteiger partial charge in [-0.1, -0.05) is 45.1 Å². The van der Waals surface area contributed by atoms with Crippen LogP contribution in [-0.2, 0) is 14.3 Å². The second-order valence-electron chi connectivity index (χ2n) is 3.59. The Morgan fingerprint density at radius 1 is 1.07 bits per heavy atom. The molecule has 0 aromatic heterocycles. The average Bonchev–Trinajstić information content (AvgIpc) is 2.22. The summed E-state index contributed by atoms with van der Waals surface area (Å²) in [7, 11) is -2.23. The Morgan fingerprint density at radius 2 is 1.67 bits per heavy atom. The van der Waals surface area contributed by atoms with Gasteiger partial charge in [-0.2, -0.15) is 8.42 Å². The van der Waals surface area contributed by atoms with E-state index in [9.17, 15) is 8.42 Å². The SMILES string of the molecule is CCCCCCCCC=CS(=O)(=O)OC. The number of allylic oxidation sites excluding steroid dienone is 1. The van der Waals surface area contributed by atoms with Crippen LogP contribution in [0.25, 0.3) is 0 Å². The molecule has 0 saturated carbocycles. The molecule has 0 unspecified atom stereocenters. The number of rotatable bonds is 9. The molecule has 0 spiro atoms. The van der Waals surface area contributed by atoms with E-state index in [4.69, 9.17) is 0 Å². The van der Waals surface area contributed by atoms with Crippen LogP contribution >= 0.6 is 0 Å². The van der Waals surface area contributed by atoms with E-state index >= 15 is 0 Å². The molecule has 0 N–H and O–H groups in total. The summed E-state index contributed by atoms with van der Waals surface area (Å²) < 4.78 is 26.0. The molecule has 0 aliphatic carbocycles. The Bertz CT molecular complexity index is 255. The lowest BCUT2D eigenvalue weighted by atomic mass is 10.1. The highest BCUT2D eigenvalue weighted by molar-refractivity contribution is 7.89. The summed E-state index contributed by atoms with van der Waals surface area (Å²) in [5.41, 5.74) is 0. The highest BCUT2D eigenvalue weighted by Gasteiger charge is 1.99. The molecule has 90 valence electrons. The Hall–Kier alpha value is -0.350. The Balaban J connectivity index is 3.39. The van der Waals surface area contributed by atoms with Crippen molar-refractivity contribution in [1.82, 2.24) is 0 Å². The molecule has 0 aromatic rings. The van der Waals surface area contributed by atoms with Crippen LogP contribution in [0.4, 0.5) is 0 Å². The van der Waals surface area contributed by atoms with Gasteiger partial charge >= 0.3 is 0 Å². The molecule has 3 nitrogen and oxygen atoms in total. The number of hydrogen-bond donors (Lipinski definition) is 0. The Labute approximate surface area is 93.6 Å². The Kier molecular flexibility index (Phi) is 8.71. The largest absolute Gasteiger partial charge is 0.289 e. The normalized spacial score (nSPS) is 12.4. The van der Waals surface area contributed by atoms with Crippen molar-refractivity contribution in [3.8, 4) is 0 Å². The molecular formula is C11H22O3S. The van der Waals surface area contributed by atoms with Crippen molar-refractivity contribution < 1.29 is 12.6 Å². The molecule has 0 aliphatic heterocycles. The van der Waals surface area contributed by atoms with Gasteiger partial charge in [0.25, 0.3) is 10.1 Å². The molecule has 0 bridgehead atoms. The topological polar surface area (TPSA) is 43.4 Å². The molecule has 0 heterocycles. The first-order chi connectivity index (χ1) is 7.12. The van der Waals surface area contributed by atoms with Gasteiger partial charge in [-0.15, -0.1) is 0 Å². The van der Waals surface area contributed by atoms with Gasteiger partial charge < -0.3 is 0 Å². The quantitative estimate of drug-likeness (QED) is 0.454. The first-order valence-electron chi connectivity index (χ1n) is 5.59. The van der Waals surface area contributed by atoms with E-state index in [-0.39, 0.29) is 0 Å². The maximum atomic E-state index is 10.9. The van der Waals surface area contributed by atoms with E-state index in [0.29, 0.717) is 0 Å². The van der Waals surface area contributed by atoms with Gasteiger partial charge in [-0.3, -0.25) is 4.18 Å². The highest BCUT2D eigenvalue weighted by Crippen LogP contribution is 2.07. The van der Waals surface area contributed by atoms with Gasteiger partial charge in [0.1, 0.15) is 0 Å². The van der Waals surface area contributed by atoms with Crippen molar-refractivity contribution in [1.29, 1.82) is 0 Å². The third kappa shape index (κ3) is 9.94. The van der Waals surface area contributed by atoms with E-state index in [1.165, 1.54) is 39.2 Å². The average molecular weight is 234 g/mol. The van der Waals surface area contributed by atoms with Crippen LogP contribution in [0.3, 0.4) is 0 Å². The monoisotopic (exact) mass is 234 g/mol. The van der Waals surface area contributed by atoms with Crippen molar-refractivity contribution in [3.05, 3.63) is 11.5 Å². The molecular weight excluding hydrogens is 212 g/mol. The fraction of sp³-hybridized carbons (Fsp3) is 0.818. The number of unbranched alkanes of at least 4 members (excludes halogenated alkanes) is 6. The van der Waals surface area contributed by atoms with E-state index in [2.05, 4.69) is 11.1 Å². The third-order valence-corrected chi connectivity index (χ3v) is 3.21. The molecule has 0 aromatic carbocycles. The lowest BCUT2D eigenvalue weighted by Crippen LogP contribution is -1.95. The second-order valence-corrected chi connectivity index (χ2v) is 5.18. The van der Waals surface area contributed by atoms with E-state index in [1.54, 1.807) is 6.08 Å². The van der Waals surface area contributed by atoms with Crippen LogP contribution in [0.5, 0.6) is 0 Å². The summed E-state index contributed by atoms with van der Waals surface area (Å²) in [6, 6.07) is 0. The minimum atomic E-state index is -3.40. The van der Waals surface area contributed by atoms with Gasteiger partial charge in [0.15, 0.2) is 0 Å². The lowest BCUT2D eigenvalue weighted by Gasteiger charge is -1.97. The minimum absolute atomic E-state index is 0.814. The van der Waals surface area contributed by atoms with Crippen molar-refractivity contribution in [2.75, 3.05) is 7.11 Å². The molecule has 15 heavy (non-hydrogen) atoms. The van der Waals surface area contributed by atoms with Crippen molar-refractivity contribution in [3.63, 3.8) is 0 Å². The van der Waals surface area contributed by atoms with Crippen LogP contribution < -0.4 is 0 Å². The first-order valence-corrected chi connectivity index (χ1v) is 7.06. The summed E-state index contributed by atoms with van der Waals surface area (Å²) in [6.07, 6.45) is 9.80. The zero-order valence-electron chi connectivity index (χ0n) is 9.74. The molecule has 0 fully saturated rings. The molecule has 4 heteroatoms. The van der Waals surface area contributed by atoms with Gasteiger partial charge in [0, 0.05) is 0 Å². The molecule has 0 saturated heterocycles. The minimum Gasteiger partial charge on any atom is -0.270 e. The zero-order chi connectivity index (χ0) is 11.6. The Morgan fingerprint density at radius 3 is 2.27 bits per heavy atom. The lowest BCUT2D eigenvalue weighted by molar-refractivity contribution is 0.406. The van der Waals surface area contributed by atoms with Crippen LogP contribution in [0.1, 0.15) is 51.9 Å². The zero-order valence-corrected chi connectivity index (χ0v) is 10.6. The predicted molar refractivity (Wildman–Crippen MR) is 63.1 cm³/mol. The summed E-state index contributed by atoms with van der Waals surface area (Å²) in [5, 5.41) is 1.14. The molecule has 0 amide bonds. The van der Waals surface area contributed by atoms with Crippen molar-refractivity contribution in [2.24, 2.45) is 0 Å². The fourth-order valence-electron chi connectivity index (χ4n) is 1.28. The molecule has 0 rings (SSSR count). The predicted octanol–water partition coefficient (Wildman–Crippen LogP) is 3.23. The smallest absolute Gasteiger partial charge is 0.270 e. The van der Waals surface area contributed by atoms with E-state index in [0.717, 1.165) is 18.2 Å². The van der Waals surface area contributed by atoms with Gasteiger partial charge in [-0.25, -0.2) is 0 Å². The van der Waals surface area contributed by atoms with Crippen LogP contribution in [0.15, 0.2) is 11.5 Å². The first kappa shape index (κ1) is 14.6. The van der Waals surface area contributed by atoms with Crippen molar-refractivity contribution >= 4 is 10.1 Å². The highest BCUT2D eigenvalue weighted by atomic mass is 32.2. The summed E-state index contributed by atoms with van der Waals surface area (Å²) in [4.78, 5) is 0. The second kappa shape index (κ2) is 8.92. The molecule has 0 aliphatic rings. The summed E-state index contributed by atoms with van der Waals surface area (Å²) in [6.45, 7) is 2.19. The van der Waals surface area contributed by atoms with Crippen LogP contribution in [0.2, 0.25) is 0 Å². The standard InChI is InChI=1S/C11H22O3S/c1-3-4-5-6-7-8-9-10-11-15(12,13)14-2/h10-11H,3-9H2,1-2H3. The summed E-state index contributed by atoms with van der Waals surface area (Å²) in [5.74, 6) is 0. The van der Waals surface area contributed by atoms with Crippen LogP contribution in [0, 0.1) is 0 Å². The van der Waals surface area contributed by atoms with E-state index in [1.807, 2.05) is 0 Å². The molecule has 0 radical (unpaired) electrons. The summed E-state index contributed by atoms with van der Waals surface area (Å²) >= 11 is 0. The molecule has 0 atom stereocenters. The number of hydrogen-bond acceptors (Lipinski definition) is 3.